The van der Waals surface area contributed by atoms with Gasteiger partial charge in [-0.05, 0) is 55.8 Å². The zero-order chi connectivity index (χ0) is 14.7. The molecule has 0 spiro atoms. The zero-order valence-corrected chi connectivity index (χ0v) is 12.0. The number of aryl methyl sites for hydroxylation is 1. The normalized spacial score (nSPS) is 12.4. The van der Waals surface area contributed by atoms with E-state index in [2.05, 4.69) is 17.2 Å². The molecular weight excluding hydrogens is 262 g/mol. The van der Waals surface area contributed by atoms with E-state index in [1.807, 2.05) is 42.5 Å². The average Bonchev–Trinajstić information content (AvgIpc) is 2.99. The van der Waals surface area contributed by atoms with Crippen LogP contribution in [-0.4, -0.2) is 11.0 Å². The van der Waals surface area contributed by atoms with E-state index in [0.717, 1.165) is 41.0 Å². The Morgan fingerprint density at radius 1 is 1.24 bits per heavy atom. The number of nitrogens with one attached hydrogen (secondary N) is 1. The van der Waals surface area contributed by atoms with Gasteiger partial charge in [0.15, 0.2) is 0 Å². The molecule has 1 aromatic carbocycles. The molecule has 3 rings (SSSR count). The minimum Gasteiger partial charge on any atom is -0.469 e. The highest BCUT2D eigenvalue weighted by atomic mass is 16.3. The number of hydrogen-bond acceptors (Lipinski definition) is 4. The van der Waals surface area contributed by atoms with Crippen molar-refractivity contribution in [1.29, 1.82) is 0 Å². The molecule has 0 aliphatic rings. The molecule has 0 saturated carbocycles. The number of furan rings is 1. The van der Waals surface area contributed by atoms with Gasteiger partial charge in [-0.15, -0.1) is 0 Å². The maximum Gasteiger partial charge on any atom is 0.126 e. The maximum absolute atomic E-state index is 5.78. The summed E-state index contributed by atoms with van der Waals surface area (Å²) >= 11 is 0. The van der Waals surface area contributed by atoms with E-state index in [1.165, 1.54) is 0 Å². The third-order valence-electron chi connectivity index (χ3n) is 3.51. The molecule has 108 valence electrons. The second-order valence-electron chi connectivity index (χ2n) is 5.31. The second-order valence-corrected chi connectivity index (χ2v) is 5.31. The van der Waals surface area contributed by atoms with E-state index >= 15 is 0 Å². The standard InChI is InChI=1S/C17H19N3O/c1-12(4-7-15-3-2-10-21-15)19-17-9-5-13-11-14(18)6-8-16(13)20-17/h2-3,5-6,8-12H,4,7,18H2,1H3,(H,19,20). The van der Waals surface area contributed by atoms with Gasteiger partial charge in [-0.25, -0.2) is 4.98 Å². The molecule has 0 aliphatic heterocycles. The van der Waals surface area contributed by atoms with E-state index in [1.54, 1.807) is 6.26 Å². The van der Waals surface area contributed by atoms with Gasteiger partial charge in [-0.3, -0.25) is 0 Å². The third-order valence-corrected chi connectivity index (χ3v) is 3.51. The average molecular weight is 281 g/mol. The molecule has 0 radical (unpaired) electrons. The SMILES string of the molecule is CC(CCc1ccco1)Nc1ccc2cc(N)ccc2n1. The van der Waals surface area contributed by atoms with Crippen LogP contribution in [0.1, 0.15) is 19.1 Å². The van der Waals surface area contributed by atoms with Crippen molar-refractivity contribution >= 4 is 22.4 Å². The summed E-state index contributed by atoms with van der Waals surface area (Å²) in [5.41, 5.74) is 7.49. The van der Waals surface area contributed by atoms with Crippen molar-refractivity contribution in [2.75, 3.05) is 11.1 Å². The number of fused-ring (bicyclic) bond motifs is 1. The Kier molecular flexibility index (Phi) is 3.77. The minimum atomic E-state index is 0.328. The van der Waals surface area contributed by atoms with Gasteiger partial charge in [0.25, 0.3) is 0 Å². The van der Waals surface area contributed by atoms with E-state index in [-0.39, 0.29) is 0 Å². The Balaban J connectivity index is 1.65. The van der Waals surface area contributed by atoms with Crippen molar-refractivity contribution in [1.82, 2.24) is 4.98 Å². The Bertz CT molecular complexity index is 722. The van der Waals surface area contributed by atoms with Gasteiger partial charge >= 0.3 is 0 Å². The van der Waals surface area contributed by atoms with Gasteiger partial charge in [0.05, 0.1) is 11.8 Å². The summed E-state index contributed by atoms with van der Waals surface area (Å²) in [4.78, 5) is 4.61. The summed E-state index contributed by atoms with van der Waals surface area (Å²) in [7, 11) is 0. The second kappa shape index (κ2) is 5.87. The van der Waals surface area contributed by atoms with Crippen molar-refractivity contribution in [2.45, 2.75) is 25.8 Å². The van der Waals surface area contributed by atoms with Crippen molar-refractivity contribution in [2.24, 2.45) is 0 Å². The number of aromatic nitrogens is 1. The number of nitrogens with zero attached hydrogens (tertiary/aromatic N) is 1. The van der Waals surface area contributed by atoms with Crippen LogP contribution in [0.2, 0.25) is 0 Å². The van der Waals surface area contributed by atoms with Gasteiger partial charge in [-0.2, -0.15) is 0 Å². The maximum atomic E-state index is 5.78. The molecule has 1 unspecified atom stereocenters. The van der Waals surface area contributed by atoms with Crippen LogP contribution in [0.3, 0.4) is 0 Å². The smallest absolute Gasteiger partial charge is 0.126 e. The molecule has 0 bridgehead atoms. The largest absolute Gasteiger partial charge is 0.469 e. The fourth-order valence-electron chi connectivity index (χ4n) is 2.36. The molecule has 4 nitrogen and oxygen atoms in total. The van der Waals surface area contributed by atoms with Gasteiger partial charge < -0.3 is 15.5 Å². The summed E-state index contributed by atoms with van der Waals surface area (Å²) in [5, 5.41) is 4.49. The van der Waals surface area contributed by atoms with Crippen molar-refractivity contribution < 1.29 is 4.42 Å². The molecule has 2 aromatic heterocycles. The van der Waals surface area contributed by atoms with Crippen LogP contribution < -0.4 is 11.1 Å². The summed E-state index contributed by atoms with van der Waals surface area (Å²) in [6.45, 7) is 2.15. The molecule has 0 amide bonds. The number of pyridine rings is 1. The highest BCUT2D eigenvalue weighted by Gasteiger charge is 2.06. The number of hydrogen-bond donors (Lipinski definition) is 2. The first kappa shape index (κ1) is 13.5. The summed E-state index contributed by atoms with van der Waals surface area (Å²) in [5.74, 6) is 1.91. The van der Waals surface area contributed by atoms with Crippen molar-refractivity contribution in [3.8, 4) is 0 Å². The molecule has 21 heavy (non-hydrogen) atoms. The quantitative estimate of drug-likeness (QED) is 0.697. The Morgan fingerprint density at radius 3 is 2.95 bits per heavy atom. The van der Waals surface area contributed by atoms with Crippen molar-refractivity contribution in [3.05, 3.63) is 54.5 Å². The molecule has 3 N–H and O–H groups in total. The first-order chi connectivity index (χ1) is 10.2. The van der Waals surface area contributed by atoms with Gasteiger partial charge in [0.1, 0.15) is 11.6 Å². The van der Waals surface area contributed by atoms with Gasteiger partial charge in [0.2, 0.25) is 0 Å². The summed E-state index contributed by atoms with van der Waals surface area (Å²) < 4.78 is 5.35. The first-order valence-corrected chi connectivity index (χ1v) is 7.16. The predicted molar refractivity (Wildman–Crippen MR) is 86.3 cm³/mol. The summed E-state index contributed by atoms with van der Waals surface area (Å²) in [6.07, 6.45) is 3.63. The lowest BCUT2D eigenvalue weighted by atomic mass is 10.1. The first-order valence-electron chi connectivity index (χ1n) is 7.16. The number of anilines is 2. The van der Waals surface area contributed by atoms with Crippen LogP contribution in [0.4, 0.5) is 11.5 Å². The monoisotopic (exact) mass is 281 g/mol. The van der Waals surface area contributed by atoms with Crippen LogP contribution in [0, 0.1) is 0 Å². The molecule has 3 aromatic rings. The van der Waals surface area contributed by atoms with Crippen molar-refractivity contribution in [3.63, 3.8) is 0 Å². The van der Waals surface area contributed by atoms with Crippen LogP contribution in [0.25, 0.3) is 10.9 Å². The van der Waals surface area contributed by atoms with E-state index in [4.69, 9.17) is 10.2 Å². The highest BCUT2D eigenvalue weighted by Crippen LogP contribution is 2.19. The lowest BCUT2D eigenvalue weighted by molar-refractivity contribution is 0.495. The molecule has 0 saturated heterocycles. The van der Waals surface area contributed by atoms with Crippen LogP contribution >= 0.6 is 0 Å². The fraction of sp³-hybridized carbons (Fsp3) is 0.235. The van der Waals surface area contributed by atoms with Gasteiger partial charge in [0, 0.05) is 23.5 Å². The van der Waals surface area contributed by atoms with Gasteiger partial charge in [-0.1, -0.05) is 0 Å². The third kappa shape index (κ3) is 3.34. The Labute approximate surface area is 124 Å². The molecule has 2 heterocycles. The fourth-order valence-corrected chi connectivity index (χ4v) is 2.36. The zero-order valence-electron chi connectivity index (χ0n) is 12.0. The topological polar surface area (TPSA) is 64.1 Å². The van der Waals surface area contributed by atoms with E-state index in [9.17, 15) is 0 Å². The summed E-state index contributed by atoms with van der Waals surface area (Å²) in [6, 6.07) is 14.0. The lowest BCUT2D eigenvalue weighted by Crippen LogP contribution is -2.16. The predicted octanol–water partition coefficient (Wildman–Crippen LogP) is 3.84. The Hall–Kier alpha value is -2.49. The molecular formula is C17H19N3O. The van der Waals surface area contributed by atoms with Crippen LogP contribution in [0.5, 0.6) is 0 Å². The number of rotatable bonds is 5. The lowest BCUT2D eigenvalue weighted by Gasteiger charge is -2.14. The molecule has 0 aliphatic carbocycles. The molecule has 1 atom stereocenters. The number of benzene rings is 1. The van der Waals surface area contributed by atoms with Crippen LogP contribution in [-0.2, 0) is 6.42 Å². The molecule has 4 heteroatoms. The highest BCUT2D eigenvalue weighted by molar-refractivity contribution is 5.83. The molecule has 0 fully saturated rings. The number of nitrogen functional groups attached to an aromatic ring is 1. The van der Waals surface area contributed by atoms with E-state index < -0.39 is 0 Å². The van der Waals surface area contributed by atoms with Crippen LogP contribution in [0.15, 0.2) is 53.1 Å². The van der Waals surface area contributed by atoms with E-state index in [0.29, 0.717) is 6.04 Å². The number of nitrogens with two attached hydrogens (primary N) is 1. The minimum absolute atomic E-state index is 0.328. The Morgan fingerprint density at radius 2 is 2.14 bits per heavy atom.